The third kappa shape index (κ3) is 6.30. The van der Waals surface area contributed by atoms with Gasteiger partial charge in [0.05, 0.1) is 0 Å². The molecule has 2 N–H and O–H groups in total. The number of rotatable bonds is 2. The summed E-state index contributed by atoms with van der Waals surface area (Å²) < 4.78 is 0. The van der Waals surface area contributed by atoms with Crippen LogP contribution in [0.5, 0.6) is 0 Å². The lowest BCUT2D eigenvalue weighted by molar-refractivity contribution is -0.251. The Bertz CT molecular complexity index is 458. The normalized spacial score (nSPS) is 9.05. The fraction of sp³-hybridized carbons (Fsp3) is 0.385. The van der Waals surface area contributed by atoms with E-state index in [1.165, 1.54) is 18.2 Å². The van der Waals surface area contributed by atoms with Gasteiger partial charge in [-0.2, -0.15) is 0 Å². The van der Waals surface area contributed by atoms with Crippen molar-refractivity contribution in [3.8, 4) is 0 Å². The summed E-state index contributed by atoms with van der Waals surface area (Å²) >= 11 is 0. The zero-order chi connectivity index (χ0) is 15.0. The predicted molar refractivity (Wildman–Crippen MR) is 67.3 cm³/mol. The van der Waals surface area contributed by atoms with Crippen LogP contribution >= 0.6 is 0 Å². The van der Waals surface area contributed by atoms with Crippen LogP contribution in [0.25, 0.3) is 0 Å². The van der Waals surface area contributed by atoms with Crippen molar-refractivity contribution in [1.29, 1.82) is 0 Å². The molecule has 0 saturated carbocycles. The Morgan fingerprint density at radius 1 is 1.05 bits per heavy atom. The Balaban J connectivity index is 0.000000555. The van der Waals surface area contributed by atoms with E-state index in [1.807, 2.05) is 38.2 Å². The standard InChI is InChI=1S/C11H15NO2.C2H5NO2/c1-7-4-5-10(6-12-11(13)14)9(3)8(7)2;1-3-2(4)5/h4-5,12H,6H2,1-3H3,(H,13,14);3H,1H3,(H,4,5)/p-2. The Morgan fingerprint density at radius 2 is 1.58 bits per heavy atom. The monoisotopic (exact) mass is 266 g/mol. The number of amides is 2. The number of benzene rings is 1. The molecule has 6 nitrogen and oxygen atoms in total. The van der Waals surface area contributed by atoms with Crippen LogP contribution in [0.3, 0.4) is 0 Å². The summed E-state index contributed by atoms with van der Waals surface area (Å²) in [6.07, 6.45) is -2.48. The minimum atomic E-state index is -1.25. The minimum Gasteiger partial charge on any atom is -0.530 e. The van der Waals surface area contributed by atoms with Gasteiger partial charge in [-0.05, 0) is 43.0 Å². The number of aryl methyl sites for hydroxylation is 1. The number of nitrogens with one attached hydrogen (secondary N) is 2. The molecule has 0 spiro atoms. The topological polar surface area (TPSA) is 104 Å². The molecule has 106 valence electrons. The fourth-order valence-electron chi connectivity index (χ4n) is 1.37. The highest BCUT2D eigenvalue weighted by Gasteiger charge is 2.02. The molecule has 0 fully saturated rings. The van der Waals surface area contributed by atoms with Gasteiger partial charge in [-0.25, -0.2) is 0 Å². The van der Waals surface area contributed by atoms with Gasteiger partial charge in [0.15, 0.2) is 0 Å². The molecule has 1 aromatic carbocycles. The van der Waals surface area contributed by atoms with Crippen LogP contribution in [0.15, 0.2) is 12.1 Å². The van der Waals surface area contributed by atoms with Gasteiger partial charge < -0.3 is 30.4 Å². The number of hydrogen-bond acceptors (Lipinski definition) is 4. The lowest BCUT2D eigenvalue weighted by Gasteiger charge is -2.12. The molecular formula is C13H18N2O4-2. The SMILES string of the molecule is CNC(=O)[O-].Cc1ccc(CNC(=O)[O-])c(C)c1C. The molecule has 6 heteroatoms. The minimum absolute atomic E-state index is 0.315. The number of hydrogen-bond donors (Lipinski definition) is 2. The molecule has 0 heterocycles. The zero-order valence-electron chi connectivity index (χ0n) is 11.5. The number of carbonyl (C=O) groups is 2. The van der Waals surface area contributed by atoms with Gasteiger partial charge in [0.25, 0.3) is 0 Å². The third-order valence-electron chi connectivity index (χ3n) is 2.80. The average Bonchev–Trinajstić information content (AvgIpc) is 2.35. The van der Waals surface area contributed by atoms with Gasteiger partial charge in [-0.3, -0.25) is 0 Å². The maximum atomic E-state index is 10.2. The first-order valence-electron chi connectivity index (χ1n) is 5.68. The van der Waals surface area contributed by atoms with Gasteiger partial charge in [0, 0.05) is 13.6 Å². The van der Waals surface area contributed by atoms with E-state index in [9.17, 15) is 9.90 Å². The highest BCUT2D eigenvalue weighted by Crippen LogP contribution is 2.16. The second-order valence-electron chi connectivity index (χ2n) is 3.97. The molecule has 0 radical (unpaired) electrons. The van der Waals surface area contributed by atoms with Crippen molar-refractivity contribution in [2.75, 3.05) is 7.05 Å². The van der Waals surface area contributed by atoms with Crippen molar-refractivity contribution >= 4 is 12.2 Å². The molecular weight excluding hydrogens is 248 g/mol. The molecule has 0 unspecified atom stereocenters. The summed E-state index contributed by atoms with van der Waals surface area (Å²) in [7, 11) is 1.29. The lowest BCUT2D eigenvalue weighted by atomic mass is 9.99. The van der Waals surface area contributed by atoms with Crippen molar-refractivity contribution in [2.24, 2.45) is 0 Å². The number of carboxylic acid groups (broad SMARTS) is 2. The lowest BCUT2D eigenvalue weighted by Crippen LogP contribution is -2.36. The van der Waals surface area contributed by atoms with Crippen LogP contribution < -0.4 is 20.8 Å². The Morgan fingerprint density at radius 3 is 2.00 bits per heavy atom. The molecule has 1 aromatic rings. The van der Waals surface area contributed by atoms with Crippen molar-refractivity contribution in [3.63, 3.8) is 0 Å². The summed E-state index contributed by atoms with van der Waals surface area (Å²) in [4.78, 5) is 19.4. The van der Waals surface area contributed by atoms with Crippen LogP contribution in [0.2, 0.25) is 0 Å². The molecule has 19 heavy (non-hydrogen) atoms. The molecule has 0 saturated heterocycles. The van der Waals surface area contributed by atoms with Crippen LogP contribution in [-0.4, -0.2) is 19.2 Å². The molecule has 2 amide bonds. The predicted octanol–water partition coefficient (Wildman–Crippen LogP) is -0.406. The summed E-state index contributed by atoms with van der Waals surface area (Å²) in [5, 5.41) is 23.4. The Labute approximate surface area is 112 Å². The van der Waals surface area contributed by atoms with Crippen molar-refractivity contribution in [1.82, 2.24) is 10.6 Å². The molecule has 1 rings (SSSR count). The second-order valence-corrected chi connectivity index (χ2v) is 3.97. The van der Waals surface area contributed by atoms with Crippen LogP contribution in [0, 0.1) is 20.8 Å². The highest BCUT2D eigenvalue weighted by atomic mass is 16.4. The van der Waals surface area contributed by atoms with Gasteiger partial charge >= 0.3 is 0 Å². The molecule has 0 aliphatic heterocycles. The Kier molecular flexibility index (Phi) is 7.03. The molecule has 0 aliphatic carbocycles. The summed E-state index contributed by atoms with van der Waals surface area (Å²) in [5.74, 6) is 0. The van der Waals surface area contributed by atoms with Crippen molar-refractivity contribution in [3.05, 3.63) is 34.4 Å². The van der Waals surface area contributed by atoms with E-state index in [1.54, 1.807) is 0 Å². The Hall–Kier alpha value is -2.24. The summed E-state index contributed by atoms with van der Waals surface area (Å²) in [5.41, 5.74) is 4.57. The third-order valence-corrected chi connectivity index (χ3v) is 2.80. The van der Waals surface area contributed by atoms with Crippen molar-refractivity contribution < 1.29 is 19.8 Å². The first-order valence-corrected chi connectivity index (χ1v) is 5.68. The van der Waals surface area contributed by atoms with E-state index >= 15 is 0 Å². The van der Waals surface area contributed by atoms with E-state index in [-0.39, 0.29) is 0 Å². The summed E-state index contributed by atoms with van der Waals surface area (Å²) in [6.45, 7) is 6.38. The maximum Gasteiger partial charge on any atom is 0.134 e. The van der Waals surface area contributed by atoms with E-state index in [2.05, 4.69) is 5.32 Å². The van der Waals surface area contributed by atoms with E-state index < -0.39 is 12.2 Å². The smallest absolute Gasteiger partial charge is 0.134 e. The van der Waals surface area contributed by atoms with E-state index in [0.717, 1.165) is 11.1 Å². The van der Waals surface area contributed by atoms with Gasteiger partial charge in [-0.15, -0.1) is 0 Å². The zero-order valence-corrected chi connectivity index (χ0v) is 11.5. The van der Waals surface area contributed by atoms with Crippen LogP contribution in [-0.2, 0) is 6.54 Å². The van der Waals surface area contributed by atoms with Crippen LogP contribution in [0.4, 0.5) is 9.59 Å². The summed E-state index contributed by atoms with van der Waals surface area (Å²) in [6, 6.07) is 3.93. The molecule has 0 bridgehead atoms. The average molecular weight is 266 g/mol. The highest BCUT2D eigenvalue weighted by molar-refractivity contribution is 5.62. The van der Waals surface area contributed by atoms with Gasteiger partial charge in [0.2, 0.25) is 0 Å². The second kappa shape index (κ2) is 7.97. The van der Waals surface area contributed by atoms with Gasteiger partial charge in [0.1, 0.15) is 12.2 Å². The van der Waals surface area contributed by atoms with E-state index in [0.29, 0.717) is 6.54 Å². The maximum absolute atomic E-state index is 10.2. The molecule has 0 aromatic heterocycles. The van der Waals surface area contributed by atoms with Gasteiger partial charge in [-0.1, -0.05) is 12.1 Å². The first-order chi connectivity index (χ1) is 8.79. The van der Waals surface area contributed by atoms with Crippen molar-refractivity contribution in [2.45, 2.75) is 27.3 Å². The first kappa shape index (κ1) is 16.8. The molecule has 0 atom stereocenters. The molecule has 0 aliphatic rings. The van der Waals surface area contributed by atoms with Crippen LogP contribution in [0.1, 0.15) is 22.3 Å². The quantitative estimate of drug-likeness (QED) is 0.759. The number of carbonyl (C=O) groups excluding carboxylic acids is 2. The van der Waals surface area contributed by atoms with E-state index in [4.69, 9.17) is 9.90 Å². The largest absolute Gasteiger partial charge is 0.530 e. The fourth-order valence-corrected chi connectivity index (χ4v) is 1.37.